The molecule has 0 bridgehead atoms. The van der Waals surface area contributed by atoms with Crippen molar-refractivity contribution in [1.82, 2.24) is 14.3 Å². The summed E-state index contributed by atoms with van der Waals surface area (Å²) < 4.78 is 96.4. The molecule has 236 valence electrons. The number of ether oxygens (including phenoxy) is 1. The third-order valence-corrected chi connectivity index (χ3v) is 10.5. The van der Waals surface area contributed by atoms with E-state index in [-0.39, 0.29) is 60.9 Å². The normalized spacial score (nSPS) is 18.4. The first-order chi connectivity index (χ1) is 20.0. The summed E-state index contributed by atoms with van der Waals surface area (Å²) in [6, 6.07) is 9.26. The summed E-state index contributed by atoms with van der Waals surface area (Å²) in [5.74, 6) is -1.12. The van der Waals surface area contributed by atoms with E-state index in [0.29, 0.717) is 11.1 Å². The Morgan fingerprint density at radius 1 is 1.14 bits per heavy atom. The van der Waals surface area contributed by atoms with Crippen LogP contribution in [0.2, 0.25) is 0 Å². The monoisotopic (exact) mass is 648 g/mol. The van der Waals surface area contributed by atoms with Gasteiger partial charge in [-0.15, -0.1) is 13.2 Å². The molecule has 0 aliphatic carbocycles. The van der Waals surface area contributed by atoms with Crippen LogP contribution in [0.15, 0.2) is 52.4 Å². The molecule has 0 aromatic heterocycles. The minimum absolute atomic E-state index is 0.00524. The number of aryl methyl sites for hydroxylation is 2. The standard InChI is InChI=1S/C26H31F3N4O8S2/c1-17-13-22(43(39,40)30-15-20(35)16-34)6-5-18(17)7-12-42(37,38)33-10-8-25(9-11-33)24(36)31-23(32-25)19-3-2-4-21(14-19)41-26(27,28)29/h2-6,13-14,20,30,34-35H,7-12,15-16H2,1H3,(H,31,32,36)/t20-/m1/s1. The number of alkyl halides is 3. The molecule has 0 unspecified atom stereocenters. The number of aliphatic imine (C=N–C) groups is 1. The van der Waals surface area contributed by atoms with Crippen molar-refractivity contribution >= 4 is 31.8 Å². The number of carbonyl (C=O) groups is 1. The lowest BCUT2D eigenvalue weighted by molar-refractivity contribution is -0.274. The Kier molecular flexibility index (Phi) is 9.53. The second-order valence-corrected chi connectivity index (χ2v) is 14.1. The van der Waals surface area contributed by atoms with Gasteiger partial charge in [-0.1, -0.05) is 18.2 Å². The van der Waals surface area contributed by atoms with Crippen LogP contribution in [0.4, 0.5) is 13.2 Å². The summed E-state index contributed by atoms with van der Waals surface area (Å²) in [6.45, 7) is 0.685. The van der Waals surface area contributed by atoms with Crippen LogP contribution in [-0.2, 0) is 31.3 Å². The van der Waals surface area contributed by atoms with Crippen LogP contribution in [0.25, 0.3) is 0 Å². The number of hydrogen-bond donors (Lipinski definition) is 4. The molecule has 1 amide bonds. The van der Waals surface area contributed by atoms with Crippen LogP contribution < -0.4 is 14.8 Å². The first-order valence-electron chi connectivity index (χ1n) is 13.2. The Morgan fingerprint density at radius 3 is 2.47 bits per heavy atom. The molecule has 43 heavy (non-hydrogen) atoms. The number of nitrogens with zero attached hydrogens (tertiary/aromatic N) is 2. The van der Waals surface area contributed by atoms with E-state index in [0.717, 1.165) is 12.1 Å². The Morgan fingerprint density at radius 2 is 1.84 bits per heavy atom. The molecular weight excluding hydrogens is 617 g/mol. The second-order valence-electron chi connectivity index (χ2n) is 10.3. The maximum atomic E-state index is 13.1. The maximum absolute atomic E-state index is 13.1. The summed E-state index contributed by atoms with van der Waals surface area (Å²) in [4.78, 5) is 17.3. The van der Waals surface area contributed by atoms with Gasteiger partial charge in [-0.2, -0.15) is 0 Å². The fourth-order valence-electron chi connectivity index (χ4n) is 4.80. The van der Waals surface area contributed by atoms with Crippen molar-refractivity contribution in [3.63, 3.8) is 0 Å². The van der Waals surface area contributed by atoms with Gasteiger partial charge in [-0.25, -0.2) is 25.9 Å². The first kappa shape index (κ1) is 32.8. The number of rotatable bonds is 11. The van der Waals surface area contributed by atoms with E-state index >= 15 is 0 Å². The Bertz CT molecular complexity index is 1610. The number of piperidine rings is 1. The second kappa shape index (κ2) is 12.5. The molecule has 0 radical (unpaired) electrons. The van der Waals surface area contributed by atoms with E-state index in [2.05, 4.69) is 19.8 Å². The van der Waals surface area contributed by atoms with Gasteiger partial charge < -0.3 is 20.3 Å². The summed E-state index contributed by atoms with van der Waals surface area (Å²) in [7, 11) is -7.72. The average Bonchev–Trinajstić information content (AvgIpc) is 3.25. The lowest BCUT2D eigenvalue weighted by Crippen LogP contribution is -2.50. The zero-order valence-corrected chi connectivity index (χ0v) is 24.6. The van der Waals surface area contributed by atoms with Crippen molar-refractivity contribution in [1.29, 1.82) is 0 Å². The highest BCUT2D eigenvalue weighted by molar-refractivity contribution is 7.89. The largest absolute Gasteiger partial charge is 0.573 e. The Labute approximate surface area is 246 Å². The molecular formula is C26H31F3N4O8S2. The van der Waals surface area contributed by atoms with Crippen LogP contribution in [0.1, 0.15) is 29.5 Å². The maximum Gasteiger partial charge on any atom is 0.573 e. The van der Waals surface area contributed by atoms with E-state index in [1.165, 1.54) is 34.6 Å². The molecule has 0 saturated carbocycles. The number of amidine groups is 1. The minimum atomic E-state index is -4.88. The highest BCUT2D eigenvalue weighted by Crippen LogP contribution is 2.33. The Balaban J connectivity index is 1.38. The average molecular weight is 649 g/mol. The van der Waals surface area contributed by atoms with Gasteiger partial charge in [0.25, 0.3) is 5.91 Å². The van der Waals surface area contributed by atoms with Gasteiger partial charge >= 0.3 is 6.36 Å². The van der Waals surface area contributed by atoms with Crippen LogP contribution in [-0.4, -0.2) is 93.1 Å². The van der Waals surface area contributed by atoms with Crippen molar-refractivity contribution in [3.8, 4) is 5.75 Å². The van der Waals surface area contributed by atoms with Crippen LogP contribution in [0.3, 0.4) is 0 Å². The van der Waals surface area contributed by atoms with E-state index in [1.54, 1.807) is 6.92 Å². The highest BCUT2D eigenvalue weighted by atomic mass is 32.2. The van der Waals surface area contributed by atoms with Crippen LogP contribution in [0.5, 0.6) is 5.75 Å². The van der Waals surface area contributed by atoms with Gasteiger partial charge in [0.05, 0.1) is 23.4 Å². The lowest BCUT2D eigenvalue weighted by atomic mass is 9.89. The minimum Gasteiger partial charge on any atom is -0.406 e. The summed E-state index contributed by atoms with van der Waals surface area (Å²) in [5.41, 5.74) is 0.136. The number of nitrogens with one attached hydrogen (secondary N) is 2. The van der Waals surface area contributed by atoms with E-state index in [4.69, 9.17) is 5.11 Å². The molecule has 1 spiro atoms. The van der Waals surface area contributed by atoms with E-state index in [1.807, 2.05) is 0 Å². The van der Waals surface area contributed by atoms with Gasteiger partial charge in [0.1, 0.15) is 17.1 Å². The van der Waals surface area contributed by atoms with Gasteiger partial charge in [0.15, 0.2) is 0 Å². The molecule has 2 aromatic carbocycles. The fraction of sp³-hybridized carbons (Fsp3) is 0.462. The van der Waals surface area contributed by atoms with Crippen molar-refractivity contribution < 1.29 is 49.8 Å². The molecule has 17 heteroatoms. The molecule has 1 saturated heterocycles. The zero-order chi connectivity index (χ0) is 31.6. The highest BCUT2D eigenvalue weighted by Gasteiger charge is 2.47. The number of aliphatic hydroxyl groups excluding tert-OH is 2. The van der Waals surface area contributed by atoms with Gasteiger partial charge in [-0.3, -0.25) is 9.79 Å². The zero-order valence-electron chi connectivity index (χ0n) is 23.0. The molecule has 4 N–H and O–H groups in total. The number of amides is 1. The van der Waals surface area contributed by atoms with Crippen LogP contribution in [0, 0.1) is 6.92 Å². The van der Waals surface area contributed by atoms with Crippen molar-refractivity contribution in [2.75, 3.05) is 32.0 Å². The predicted molar refractivity (Wildman–Crippen MR) is 148 cm³/mol. The van der Waals surface area contributed by atoms with Crippen LogP contribution >= 0.6 is 0 Å². The Hall–Kier alpha value is -3.09. The first-order valence-corrected chi connectivity index (χ1v) is 16.3. The third-order valence-electron chi connectivity index (χ3n) is 7.24. The number of hydrogen-bond acceptors (Lipinski definition) is 9. The summed E-state index contributed by atoms with van der Waals surface area (Å²) in [6.07, 6.45) is -5.88. The molecule has 1 atom stereocenters. The lowest BCUT2D eigenvalue weighted by Gasteiger charge is -2.34. The van der Waals surface area contributed by atoms with Gasteiger partial charge in [0.2, 0.25) is 20.0 Å². The van der Waals surface area contributed by atoms with Crippen molar-refractivity contribution in [2.24, 2.45) is 4.99 Å². The molecule has 12 nitrogen and oxygen atoms in total. The fourth-order valence-corrected chi connectivity index (χ4v) is 7.44. The summed E-state index contributed by atoms with van der Waals surface area (Å²) >= 11 is 0. The van der Waals surface area contributed by atoms with Gasteiger partial charge in [0, 0.05) is 25.2 Å². The predicted octanol–water partition coefficient (Wildman–Crippen LogP) is 0.809. The molecule has 2 aliphatic rings. The van der Waals surface area contributed by atoms with Gasteiger partial charge in [-0.05, 0) is 61.6 Å². The number of benzene rings is 2. The number of aliphatic hydroxyl groups is 2. The van der Waals surface area contributed by atoms with E-state index in [9.17, 15) is 39.9 Å². The molecule has 2 heterocycles. The smallest absolute Gasteiger partial charge is 0.406 e. The molecule has 4 rings (SSSR count). The number of halogens is 3. The quantitative estimate of drug-likeness (QED) is 0.277. The van der Waals surface area contributed by atoms with Crippen molar-refractivity contribution in [3.05, 3.63) is 59.2 Å². The number of sulfonamides is 2. The molecule has 1 fully saturated rings. The molecule has 2 aromatic rings. The van der Waals surface area contributed by atoms with E-state index < -0.39 is 56.3 Å². The third kappa shape index (κ3) is 7.90. The topological polar surface area (TPSA) is 175 Å². The van der Waals surface area contributed by atoms with Crippen molar-refractivity contribution in [2.45, 2.75) is 49.1 Å². The number of carbonyl (C=O) groups excluding carboxylic acids is 1. The molecule has 2 aliphatic heterocycles. The summed E-state index contributed by atoms with van der Waals surface area (Å²) in [5, 5.41) is 20.9. The SMILES string of the molecule is Cc1cc(S(=O)(=O)NC[C@@H](O)CO)ccc1CCS(=O)(=O)N1CCC2(CC1)N=C(c1cccc(OC(F)(F)F)c1)NC2=O.